The summed E-state index contributed by atoms with van der Waals surface area (Å²) in [7, 11) is 0. The number of ether oxygens (including phenoxy) is 4. The smallest absolute Gasteiger partial charge is 0.202 e. The summed E-state index contributed by atoms with van der Waals surface area (Å²) >= 11 is 0. The van der Waals surface area contributed by atoms with Crippen molar-refractivity contribution in [1.29, 1.82) is 0 Å². The van der Waals surface area contributed by atoms with Gasteiger partial charge in [0.25, 0.3) is 0 Å². The third-order valence-corrected chi connectivity index (χ3v) is 4.92. The molecular weight excluding hydrogens is 316 g/mol. The Morgan fingerprint density at radius 3 is 1.96 bits per heavy atom. The standard InChI is InChI=1S/C21H24O4/c1-21(2,15-3-7-17(8-4-15)23-13-19-14-24-19)16-5-9-18(10-6-16)25-20-11-12-22-20/h3-10,19-20H,11-14H2,1-2H3. The van der Waals surface area contributed by atoms with Crippen LogP contribution in [0, 0.1) is 0 Å². The molecule has 2 heterocycles. The van der Waals surface area contributed by atoms with Crippen molar-refractivity contribution in [3.8, 4) is 11.5 Å². The molecule has 4 rings (SSSR count). The fraction of sp³-hybridized carbons (Fsp3) is 0.429. The van der Waals surface area contributed by atoms with Crippen LogP contribution in [0.5, 0.6) is 11.5 Å². The molecule has 2 unspecified atom stereocenters. The zero-order chi connectivity index (χ0) is 17.3. The molecule has 2 atom stereocenters. The maximum Gasteiger partial charge on any atom is 0.202 e. The summed E-state index contributed by atoms with van der Waals surface area (Å²) < 4.78 is 21.9. The van der Waals surface area contributed by atoms with E-state index in [0.29, 0.717) is 6.61 Å². The molecule has 4 heteroatoms. The van der Waals surface area contributed by atoms with Gasteiger partial charge in [-0.25, -0.2) is 0 Å². The molecule has 2 saturated heterocycles. The molecule has 0 N–H and O–H groups in total. The lowest BCUT2D eigenvalue weighted by Gasteiger charge is -2.28. The first-order valence-electron chi connectivity index (χ1n) is 8.85. The third-order valence-electron chi connectivity index (χ3n) is 4.92. The number of rotatable bonds is 7. The largest absolute Gasteiger partial charge is 0.491 e. The quantitative estimate of drug-likeness (QED) is 0.717. The molecule has 0 radical (unpaired) electrons. The predicted molar refractivity (Wildman–Crippen MR) is 95.2 cm³/mol. The average molecular weight is 340 g/mol. The maximum absolute atomic E-state index is 5.74. The summed E-state index contributed by atoms with van der Waals surface area (Å²) in [5.74, 6) is 1.74. The van der Waals surface area contributed by atoms with Gasteiger partial charge in [0.1, 0.15) is 24.2 Å². The Hall–Kier alpha value is -2.04. The van der Waals surface area contributed by atoms with Crippen LogP contribution in [0.4, 0.5) is 0 Å². The minimum absolute atomic E-state index is 0.0764. The van der Waals surface area contributed by atoms with Gasteiger partial charge < -0.3 is 18.9 Å². The van der Waals surface area contributed by atoms with E-state index in [1.165, 1.54) is 11.1 Å². The van der Waals surface area contributed by atoms with Crippen molar-refractivity contribution < 1.29 is 18.9 Å². The van der Waals surface area contributed by atoms with E-state index in [2.05, 4.69) is 38.1 Å². The van der Waals surface area contributed by atoms with Crippen molar-refractivity contribution in [2.24, 2.45) is 0 Å². The number of benzene rings is 2. The van der Waals surface area contributed by atoms with Crippen LogP contribution in [0.3, 0.4) is 0 Å². The van der Waals surface area contributed by atoms with E-state index in [1.807, 2.05) is 24.3 Å². The van der Waals surface area contributed by atoms with Gasteiger partial charge >= 0.3 is 0 Å². The van der Waals surface area contributed by atoms with E-state index in [0.717, 1.165) is 31.1 Å². The lowest BCUT2D eigenvalue weighted by Crippen LogP contribution is -2.32. The van der Waals surface area contributed by atoms with Gasteiger partial charge in [-0.2, -0.15) is 0 Å². The highest BCUT2D eigenvalue weighted by atomic mass is 16.7. The molecule has 4 nitrogen and oxygen atoms in total. The maximum atomic E-state index is 5.74. The molecule has 2 aromatic carbocycles. The summed E-state index contributed by atoms with van der Waals surface area (Å²) in [6, 6.07) is 16.6. The minimum Gasteiger partial charge on any atom is -0.491 e. The minimum atomic E-state index is -0.0936. The van der Waals surface area contributed by atoms with Gasteiger partial charge in [0.15, 0.2) is 0 Å². The first kappa shape index (κ1) is 16.4. The van der Waals surface area contributed by atoms with Crippen LogP contribution in [0.25, 0.3) is 0 Å². The molecule has 0 bridgehead atoms. The Labute approximate surface area is 148 Å². The second-order valence-corrected chi connectivity index (χ2v) is 7.15. The van der Waals surface area contributed by atoms with E-state index in [-0.39, 0.29) is 17.8 Å². The summed E-state index contributed by atoms with van der Waals surface area (Å²) in [4.78, 5) is 0. The van der Waals surface area contributed by atoms with Crippen molar-refractivity contribution in [1.82, 2.24) is 0 Å². The van der Waals surface area contributed by atoms with E-state index >= 15 is 0 Å². The Kier molecular flexibility index (Phi) is 4.40. The molecule has 2 fully saturated rings. The normalized spacial score (nSPS) is 22.2. The monoisotopic (exact) mass is 340 g/mol. The predicted octanol–water partition coefficient (Wildman–Crippen LogP) is 3.92. The first-order valence-corrected chi connectivity index (χ1v) is 8.85. The van der Waals surface area contributed by atoms with Crippen LogP contribution < -0.4 is 9.47 Å². The van der Waals surface area contributed by atoms with Gasteiger partial charge in [-0.15, -0.1) is 0 Å². The summed E-state index contributed by atoms with van der Waals surface area (Å²) in [5.41, 5.74) is 2.40. The van der Waals surface area contributed by atoms with Gasteiger partial charge in [-0.1, -0.05) is 38.1 Å². The molecular formula is C21H24O4. The Bertz CT molecular complexity index is 698. The molecule has 0 aliphatic carbocycles. The van der Waals surface area contributed by atoms with Crippen molar-refractivity contribution in [3.05, 3.63) is 59.7 Å². The second kappa shape index (κ2) is 6.70. The van der Waals surface area contributed by atoms with E-state index in [1.54, 1.807) is 0 Å². The zero-order valence-electron chi connectivity index (χ0n) is 14.7. The van der Waals surface area contributed by atoms with Gasteiger partial charge in [0, 0.05) is 11.8 Å². The molecule has 132 valence electrons. The SMILES string of the molecule is CC(C)(c1ccc(OCC2CO2)cc1)c1ccc(OC2CCO2)cc1. The summed E-state index contributed by atoms with van der Waals surface area (Å²) in [6.45, 7) is 6.70. The average Bonchev–Trinajstić information content (AvgIpc) is 3.42. The summed E-state index contributed by atoms with van der Waals surface area (Å²) in [6.07, 6.45) is 1.17. The van der Waals surface area contributed by atoms with Crippen LogP contribution in [0.2, 0.25) is 0 Å². The molecule has 2 aliphatic heterocycles. The molecule has 0 amide bonds. The highest BCUT2D eigenvalue weighted by Crippen LogP contribution is 2.33. The van der Waals surface area contributed by atoms with Crippen LogP contribution in [0.15, 0.2) is 48.5 Å². The van der Waals surface area contributed by atoms with Crippen LogP contribution in [0.1, 0.15) is 31.4 Å². The molecule has 0 spiro atoms. The molecule has 25 heavy (non-hydrogen) atoms. The van der Waals surface area contributed by atoms with Gasteiger partial charge in [0.05, 0.1) is 13.2 Å². The topological polar surface area (TPSA) is 40.2 Å². The Morgan fingerprint density at radius 1 is 0.920 bits per heavy atom. The molecule has 2 aliphatic rings. The number of hydrogen-bond donors (Lipinski definition) is 0. The number of hydrogen-bond acceptors (Lipinski definition) is 4. The number of epoxide rings is 1. The van der Waals surface area contributed by atoms with Crippen molar-refractivity contribution in [2.45, 2.75) is 38.1 Å². The van der Waals surface area contributed by atoms with Crippen molar-refractivity contribution in [2.75, 3.05) is 19.8 Å². The van der Waals surface area contributed by atoms with Crippen LogP contribution >= 0.6 is 0 Å². The highest BCUT2D eigenvalue weighted by Gasteiger charge is 2.25. The zero-order valence-corrected chi connectivity index (χ0v) is 14.7. The highest BCUT2D eigenvalue weighted by molar-refractivity contribution is 5.41. The Morgan fingerprint density at radius 2 is 1.48 bits per heavy atom. The fourth-order valence-corrected chi connectivity index (χ4v) is 2.90. The van der Waals surface area contributed by atoms with Crippen LogP contribution in [-0.2, 0) is 14.9 Å². The molecule has 0 saturated carbocycles. The van der Waals surface area contributed by atoms with Crippen molar-refractivity contribution >= 4 is 0 Å². The Balaban J connectivity index is 1.43. The second-order valence-electron chi connectivity index (χ2n) is 7.15. The van der Waals surface area contributed by atoms with E-state index < -0.39 is 0 Å². The van der Waals surface area contributed by atoms with Gasteiger partial charge in [-0.3, -0.25) is 0 Å². The lowest BCUT2D eigenvalue weighted by molar-refractivity contribution is -0.165. The van der Waals surface area contributed by atoms with E-state index in [4.69, 9.17) is 18.9 Å². The lowest BCUT2D eigenvalue weighted by atomic mass is 9.78. The summed E-state index contributed by atoms with van der Waals surface area (Å²) in [5, 5.41) is 0. The van der Waals surface area contributed by atoms with Gasteiger partial charge in [0.2, 0.25) is 6.29 Å². The van der Waals surface area contributed by atoms with Gasteiger partial charge in [-0.05, 0) is 35.4 Å². The van der Waals surface area contributed by atoms with Crippen LogP contribution in [-0.4, -0.2) is 32.2 Å². The molecule has 2 aromatic rings. The first-order chi connectivity index (χ1) is 12.1. The third kappa shape index (κ3) is 3.80. The molecule has 0 aromatic heterocycles. The fourth-order valence-electron chi connectivity index (χ4n) is 2.90. The van der Waals surface area contributed by atoms with Crippen molar-refractivity contribution in [3.63, 3.8) is 0 Å². The van der Waals surface area contributed by atoms with E-state index in [9.17, 15) is 0 Å².